The number of imidazole rings is 1. The van der Waals surface area contributed by atoms with Crippen molar-refractivity contribution in [3.63, 3.8) is 0 Å². The molecular weight excluding hydrogens is 368 g/mol. The van der Waals surface area contributed by atoms with Crippen LogP contribution in [0.1, 0.15) is 16.1 Å². The average Bonchev–Trinajstić information content (AvgIpc) is 3.37. The topological polar surface area (TPSA) is 51.0 Å². The molecule has 0 fully saturated rings. The molecule has 1 amide bonds. The summed E-state index contributed by atoms with van der Waals surface area (Å²) in [6, 6.07) is 17.7. The van der Waals surface area contributed by atoms with Gasteiger partial charge in [-0.25, -0.2) is 9.97 Å². The Balaban J connectivity index is 1.55. The number of benzene rings is 2. The fraction of sp³-hybridized carbons (Fsp3) is 0.136. The summed E-state index contributed by atoms with van der Waals surface area (Å²) >= 11 is 1.59. The highest BCUT2D eigenvalue weighted by molar-refractivity contribution is 7.13. The molecule has 0 atom stereocenters. The standard InChI is InChI=1S/C22H20N4OS/c1-25-13-12-23-20(25)18-10-6-7-11-19(18)22(27)26(2)14-17-15-28-21(24-17)16-8-4-3-5-9-16/h3-13,15H,14H2,1-2H3. The van der Waals surface area contributed by atoms with Gasteiger partial charge < -0.3 is 9.47 Å². The zero-order valence-corrected chi connectivity index (χ0v) is 16.6. The van der Waals surface area contributed by atoms with Crippen LogP contribution in [-0.4, -0.2) is 32.4 Å². The predicted molar refractivity (Wildman–Crippen MR) is 112 cm³/mol. The minimum absolute atomic E-state index is 0.0483. The smallest absolute Gasteiger partial charge is 0.254 e. The third-order valence-corrected chi connectivity index (χ3v) is 5.48. The van der Waals surface area contributed by atoms with E-state index in [-0.39, 0.29) is 5.91 Å². The molecule has 0 saturated heterocycles. The first-order valence-electron chi connectivity index (χ1n) is 8.95. The third-order valence-electron chi connectivity index (χ3n) is 4.54. The van der Waals surface area contributed by atoms with Crippen molar-refractivity contribution in [2.24, 2.45) is 7.05 Å². The Bertz CT molecular complexity index is 1100. The van der Waals surface area contributed by atoms with Crippen LogP contribution in [0.4, 0.5) is 0 Å². The molecule has 0 unspecified atom stereocenters. The lowest BCUT2D eigenvalue weighted by atomic mass is 10.1. The van der Waals surface area contributed by atoms with Gasteiger partial charge in [0.1, 0.15) is 10.8 Å². The summed E-state index contributed by atoms with van der Waals surface area (Å²) in [7, 11) is 3.73. The van der Waals surface area contributed by atoms with Gasteiger partial charge in [0.15, 0.2) is 0 Å². The quantitative estimate of drug-likeness (QED) is 0.506. The SMILES string of the molecule is CN(Cc1csc(-c2ccccc2)n1)C(=O)c1ccccc1-c1nccn1C. The maximum atomic E-state index is 13.1. The normalized spacial score (nSPS) is 10.8. The molecule has 0 saturated carbocycles. The van der Waals surface area contributed by atoms with E-state index in [4.69, 9.17) is 4.98 Å². The number of aromatic nitrogens is 3. The number of carbonyl (C=O) groups is 1. The van der Waals surface area contributed by atoms with Crippen molar-refractivity contribution in [3.05, 3.63) is 83.6 Å². The van der Waals surface area contributed by atoms with Crippen LogP contribution < -0.4 is 0 Å². The fourth-order valence-electron chi connectivity index (χ4n) is 3.10. The van der Waals surface area contributed by atoms with Crippen LogP contribution in [0, 0.1) is 0 Å². The van der Waals surface area contributed by atoms with Crippen molar-refractivity contribution in [1.82, 2.24) is 19.4 Å². The van der Waals surface area contributed by atoms with Gasteiger partial charge in [0.05, 0.1) is 17.8 Å². The van der Waals surface area contributed by atoms with Gasteiger partial charge >= 0.3 is 0 Å². The van der Waals surface area contributed by atoms with Crippen LogP contribution in [0.15, 0.2) is 72.4 Å². The molecule has 2 aromatic heterocycles. The van der Waals surface area contributed by atoms with E-state index in [2.05, 4.69) is 4.98 Å². The highest BCUT2D eigenvalue weighted by atomic mass is 32.1. The molecule has 2 aromatic carbocycles. The number of rotatable bonds is 5. The maximum Gasteiger partial charge on any atom is 0.254 e. The summed E-state index contributed by atoms with van der Waals surface area (Å²) in [5.74, 6) is 0.727. The molecule has 4 aromatic rings. The Kier molecular flexibility index (Phi) is 5.04. The van der Waals surface area contributed by atoms with Gasteiger partial charge in [-0.1, -0.05) is 48.5 Å². The molecule has 2 heterocycles. The monoisotopic (exact) mass is 388 g/mol. The van der Waals surface area contributed by atoms with Crippen molar-refractivity contribution < 1.29 is 4.79 Å². The first-order valence-corrected chi connectivity index (χ1v) is 9.83. The summed E-state index contributed by atoms with van der Waals surface area (Å²) in [6.45, 7) is 0.455. The lowest BCUT2D eigenvalue weighted by Crippen LogP contribution is -2.27. The van der Waals surface area contributed by atoms with Crippen LogP contribution in [0.5, 0.6) is 0 Å². The molecule has 0 bridgehead atoms. The van der Waals surface area contributed by atoms with Crippen LogP contribution >= 0.6 is 11.3 Å². The minimum atomic E-state index is -0.0483. The summed E-state index contributed by atoms with van der Waals surface area (Å²) in [5.41, 5.74) is 3.44. The summed E-state index contributed by atoms with van der Waals surface area (Å²) in [4.78, 5) is 23.9. The number of thiazole rings is 1. The van der Waals surface area contributed by atoms with E-state index in [0.29, 0.717) is 12.1 Å². The Labute approximate surface area is 167 Å². The van der Waals surface area contributed by atoms with E-state index in [1.165, 1.54) is 0 Å². The van der Waals surface area contributed by atoms with Gasteiger partial charge in [-0.2, -0.15) is 0 Å². The van der Waals surface area contributed by atoms with Crippen molar-refractivity contribution >= 4 is 17.2 Å². The molecule has 0 N–H and O–H groups in total. The van der Waals surface area contributed by atoms with E-state index in [1.54, 1.807) is 29.5 Å². The van der Waals surface area contributed by atoms with E-state index < -0.39 is 0 Å². The predicted octanol–water partition coefficient (Wildman–Crippen LogP) is 4.48. The number of hydrogen-bond donors (Lipinski definition) is 0. The van der Waals surface area contributed by atoms with Crippen molar-refractivity contribution in [3.8, 4) is 22.0 Å². The second-order valence-electron chi connectivity index (χ2n) is 6.58. The average molecular weight is 388 g/mol. The first-order chi connectivity index (χ1) is 13.6. The number of amides is 1. The van der Waals surface area contributed by atoms with Gasteiger partial charge in [-0.3, -0.25) is 4.79 Å². The Morgan fingerprint density at radius 2 is 1.86 bits per heavy atom. The molecule has 0 aliphatic rings. The van der Waals surface area contributed by atoms with Gasteiger partial charge in [0.25, 0.3) is 5.91 Å². The summed E-state index contributed by atoms with van der Waals surface area (Å²) in [5, 5.41) is 2.97. The first kappa shape index (κ1) is 18.1. The molecule has 4 rings (SSSR count). The zero-order chi connectivity index (χ0) is 19.5. The van der Waals surface area contributed by atoms with Gasteiger partial charge in [-0.15, -0.1) is 11.3 Å². The van der Waals surface area contributed by atoms with E-state index in [9.17, 15) is 4.79 Å². The summed E-state index contributed by atoms with van der Waals surface area (Å²) < 4.78 is 1.92. The molecule has 0 spiro atoms. The van der Waals surface area contributed by atoms with Gasteiger partial charge in [-0.05, 0) is 6.07 Å². The molecular formula is C22H20N4OS. The van der Waals surface area contributed by atoms with Crippen molar-refractivity contribution in [1.29, 1.82) is 0 Å². The fourth-order valence-corrected chi connectivity index (χ4v) is 3.92. The van der Waals surface area contributed by atoms with E-state index >= 15 is 0 Å². The minimum Gasteiger partial charge on any atom is -0.336 e. The second kappa shape index (κ2) is 7.78. The molecule has 0 aliphatic carbocycles. The number of aryl methyl sites for hydroxylation is 1. The number of carbonyl (C=O) groups excluding carboxylic acids is 1. The second-order valence-corrected chi connectivity index (χ2v) is 7.44. The lowest BCUT2D eigenvalue weighted by Gasteiger charge is -2.18. The molecule has 0 aliphatic heterocycles. The molecule has 28 heavy (non-hydrogen) atoms. The Morgan fingerprint density at radius 3 is 2.61 bits per heavy atom. The number of hydrogen-bond acceptors (Lipinski definition) is 4. The highest BCUT2D eigenvalue weighted by Crippen LogP contribution is 2.25. The Hall–Kier alpha value is -3.25. The zero-order valence-electron chi connectivity index (χ0n) is 15.7. The molecule has 140 valence electrons. The maximum absolute atomic E-state index is 13.1. The highest BCUT2D eigenvalue weighted by Gasteiger charge is 2.19. The van der Waals surface area contributed by atoms with E-state index in [0.717, 1.165) is 27.7 Å². The van der Waals surface area contributed by atoms with Crippen LogP contribution in [-0.2, 0) is 13.6 Å². The van der Waals surface area contributed by atoms with Gasteiger partial charge in [0.2, 0.25) is 0 Å². The number of nitrogens with zero attached hydrogens (tertiary/aromatic N) is 4. The molecule has 0 radical (unpaired) electrons. The Morgan fingerprint density at radius 1 is 1.11 bits per heavy atom. The lowest BCUT2D eigenvalue weighted by molar-refractivity contribution is 0.0784. The van der Waals surface area contributed by atoms with Crippen molar-refractivity contribution in [2.75, 3.05) is 7.05 Å². The van der Waals surface area contributed by atoms with Crippen LogP contribution in [0.2, 0.25) is 0 Å². The van der Waals surface area contributed by atoms with Gasteiger partial charge in [0, 0.05) is 43.0 Å². The van der Waals surface area contributed by atoms with Crippen LogP contribution in [0.25, 0.3) is 22.0 Å². The summed E-state index contributed by atoms with van der Waals surface area (Å²) in [6.07, 6.45) is 3.61. The third kappa shape index (κ3) is 3.59. The van der Waals surface area contributed by atoms with Crippen LogP contribution in [0.3, 0.4) is 0 Å². The van der Waals surface area contributed by atoms with Crippen molar-refractivity contribution in [2.45, 2.75) is 6.54 Å². The largest absolute Gasteiger partial charge is 0.336 e. The molecule has 6 heteroatoms. The molecule has 5 nitrogen and oxygen atoms in total. The van der Waals surface area contributed by atoms with E-state index in [1.807, 2.05) is 77.8 Å².